The van der Waals surface area contributed by atoms with Gasteiger partial charge in [-0.1, -0.05) is 0 Å². The summed E-state index contributed by atoms with van der Waals surface area (Å²) in [5.41, 5.74) is 5.37. The molecule has 2 saturated heterocycles. The Hall–Kier alpha value is -2.20. The SMILES string of the molecule is CS1(C)CCN(c2c(F)cc(N3CC(CN(N)/C=C\N)OC3=O)cc2F)CC1. The van der Waals surface area contributed by atoms with E-state index in [4.69, 9.17) is 16.3 Å². The lowest BCUT2D eigenvalue weighted by Crippen LogP contribution is -2.39. The number of hydrogen-bond acceptors (Lipinski definition) is 6. The number of hydrogen-bond donors (Lipinski definition) is 2. The first-order valence-electron chi connectivity index (χ1n) is 9.01. The van der Waals surface area contributed by atoms with Crippen LogP contribution in [0.1, 0.15) is 0 Å². The van der Waals surface area contributed by atoms with Crippen molar-refractivity contribution in [2.24, 2.45) is 11.6 Å². The summed E-state index contributed by atoms with van der Waals surface area (Å²) in [5.74, 6) is 6.24. The second-order valence-corrected chi connectivity index (χ2v) is 11.9. The van der Waals surface area contributed by atoms with Gasteiger partial charge in [-0.05, 0) is 24.0 Å². The molecule has 4 N–H and O–H groups in total. The van der Waals surface area contributed by atoms with Gasteiger partial charge in [0.25, 0.3) is 0 Å². The third-order valence-corrected chi connectivity index (χ3v) is 7.60. The minimum absolute atomic E-state index is 0.0241. The van der Waals surface area contributed by atoms with E-state index in [1.165, 1.54) is 34.4 Å². The highest BCUT2D eigenvalue weighted by atomic mass is 32.3. The number of rotatable bonds is 5. The van der Waals surface area contributed by atoms with Crippen LogP contribution in [0.4, 0.5) is 25.0 Å². The van der Waals surface area contributed by atoms with Gasteiger partial charge < -0.3 is 20.4 Å². The quantitative estimate of drug-likeness (QED) is 0.563. The molecule has 1 aromatic rings. The fourth-order valence-electron chi connectivity index (χ4n) is 3.40. The van der Waals surface area contributed by atoms with Crippen LogP contribution < -0.4 is 21.4 Å². The molecular weight excluding hydrogens is 388 g/mol. The van der Waals surface area contributed by atoms with Crippen LogP contribution in [0.3, 0.4) is 0 Å². The molecule has 0 aromatic heterocycles. The number of cyclic esters (lactones) is 1. The summed E-state index contributed by atoms with van der Waals surface area (Å²) >= 11 is 0. The molecule has 2 aliphatic rings. The zero-order valence-electron chi connectivity index (χ0n) is 16.1. The van der Waals surface area contributed by atoms with E-state index >= 15 is 0 Å². The van der Waals surface area contributed by atoms with Crippen LogP contribution in [-0.2, 0) is 4.74 Å². The van der Waals surface area contributed by atoms with Crippen molar-refractivity contribution in [1.82, 2.24) is 5.01 Å². The number of nitrogens with zero attached hydrogens (tertiary/aromatic N) is 3. The lowest BCUT2D eigenvalue weighted by atomic mass is 10.2. The van der Waals surface area contributed by atoms with Crippen molar-refractivity contribution in [2.75, 3.05) is 60.0 Å². The molecule has 2 aliphatic heterocycles. The molecule has 0 spiro atoms. The Morgan fingerprint density at radius 2 is 1.89 bits per heavy atom. The summed E-state index contributed by atoms with van der Waals surface area (Å²) < 4.78 is 34.8. The lowest BCUT2D eigenvalue weighted by molar-refractivity contribution is 0.122. The van der Waals surface area contributed by atoms with Crippen molar-refractivity contribution < 1.29 is 18.3 Å². The number of benzene rings is 1. The fourth-order valence-corrected chi connectivity index (χ4v) is 5.03. The van der Waals surface area contributed by atoms with E-state index in [1.54, 1.807) is 4.90 Å². The number of hydrazine groups is 1. The molecule has 2 heterocycles. The van der Waals surface area contributed by atoms with Crippen molar-refractivity contribution >= 4 is 27.5 Å². The van der Waals surface area contributed by atoms with E-state index in [0.717, 1.165) is 11.5 Å². The Kier molecular flexibility index (Phi) is 5.90. The Morgan fingerprint density at radius 1 is 1.29 bits per heavy atom. The first kappa shape index (κ1) is 20.5. The van der Waals surface area contributed by atoms with E-state index in [-0.39, 0.29) is 24.5 Å². The maximum atomic E-state index is 14.8. The zero-order valence-corrected chi connectivity index (χ0v) is 16.9. The molecule has 0 bridgehead atoms. The molecule has 7 nitrogen and oxygen atoms in total. The van der Waals surface area contributed by atoms with E-state index in [1.807, 2.05) is 0 Å². The summed E-state index contributed by atoms with van der Waals surface area (Å²) in [5, 5.41) is 1.28. The van der Waals surface area contributed by atoms with E-state index in [2.05, 4.69) is 12.5 Å². The smallest absolute Gasteiger partial charge is 0.414 e. The second kappa shape index (κ2) is 8.04. The Balaban J connectivity index is 1.74. The van der Waals surface area contributed by atoms with E-state index < -0.39 is 33.9 Å². The molecule has 1 atom stereocenters. The number of amides is 1. The highest BCUT2D eigenvalue weighted by Crippen LogP contribution is 2.43. The average Bonchev–Trinajstić information content (AvgIpc) is 2.96. The monoisotopic (exact) mass is 415 g/mol. The van der Waals surface area contributed by atoms with Crippen molar-refractivity contribution in [1.29, 1.82) is 0 Å². The van der Waals surface area contributed by atoms with Crippen LogP contribution in [0, 0.1) is 11.6 Å². The predicted molar refractivity (Wildman–Crippen MR) is 110 cm³/mol. The van der Waals surface area contributed by atoms with Crippen molar-refractivity contribution in [3.8, 4) is 0 Å². The van der Waals surface area contributed by atoms with Crippen LogP contribution in [0.2, 0.25) is 0 Å². The van der Waals surface area contributed by atoms with Gasteiger partial charge in [-0.2, -0.15) is 0 Å². The summed E-state index contributed by atoms with van der Waals surface area (Å²) in [7, 11) is -0.681. The topological polar surface area (TPSA) is 88.1 Å². The first-order chi connectivity index (χ1) is 13.2. The molecule has 0 saturated carbocycles. The number of ether oxygens (including phenoxy) is 1. The Labute approximate surface area is 165 Å². The van der Waals surface area contributed by atoms with Crippen molar-refractivity contribution in [2.45, 2.75) is 6.10 Å². The second-order valence-electron chi connectivity index (χ2n) is 7.58. The maximum absolute atomic E-state index is 14.8. The maximum Gasteiger partial charge on any atom is 0.414 e. The van der Waals surface area contributed by atoms with Crippen molar-refractivity contribution in [3.63, 3.8) is 0 Å². The van der Waals surface area contributed by atoms with E-state index in [0.29, 0.717) is 13.1 Å². The van der Waals surface area contributed by atoms with Crippen molar-refractivity contribution in [3.05, 3.63) is 36.2 Å². The average molecular weight is 416 g/mol. The number of halogens is 2. The summed E-state index contributed by atoms with van der Waals surface area (Å²) in [6, 6.07) is 2.38. The third kappa shape index (κ3) is 4.44. The third-order valence-electron chi connectivity index (χ3n) is 5.02. The van der Waals surface area contributed by atoms with Gasteiger partial charge >= 0.3 is 6.09 Å². The standard InChI is InChI=1S/C18H27F2N5O2S/c1-28(2)7-5-23(6-8-28)17-15(19)9-13(10-16(17)20)25-12-14(27-18(25)26)11-24(22)4-3-21/h3-4,9-10,14H,5-8,11-12,21-22H2,1-2H3/b4-3-. The highest BCUT2D eigenvalue weighted by molar-refractivity contribution is 8.32. The number of anilines is 2. The summed E-state index contributed by atoms with van der Waals surface area (Å²) in [4.78, 5) is 15.1. The van der Waals surface area contributed by atoms with Gasteiger partial charge in [-0.15, -0.1) is 0 Å². The largest absolute Gasteiger partial charge is 0.442 e. The fraction of sp³-hybridized carbons (Fsp3) is 0.500. The van der Waals surface area contributed by atoms with Gasteiger partial charge in [0.15, 0.2) is 11.6 Å². The van der Waals surface area contributed by atoms with Gasteiger partial charge in [0.1, 0.15) is 11.8 Å². The molecule has 156 valence electrons. The molecule has 0 radical (unpaired) electrons. The Bertz CT molecular complexity index is 743. The molecule has 2 fully saturated rings. The van der Waals surface area contributed by atoms with Crippen LogP contribution in [0.5, 0.6) is 0 Å². The van der Waals surface area contributed by atoms with Crippen LogP contribution in [0.15, 0.2) is 24.5 Å². The van der Waals surface area contributed by atoms with Crippen LogP contribution in [-0.4, -0.2) is 67.4 Å². The van der Waals surface area contributed by atoms with Gasteiger partial charge in [0, 0.05) is 37.6 Å². The normalized spacial score (nSPS) is 23.2. The predicted octanol–water partition coefficient (Wildman–Crippen LogP) is 1.78. The molecule has 1 unspecified atom stereocenters. The summed E-state index contributed by atoms with van der Waals surface area (Å²) in [6.45, 7) is 1.62. The Morgan fingerprint density at radius 3 is 2.46 bits per heavy atom. The van der Waals surface area contributed by atoms with Crippen LogP contribution >= 0.6 is 10.0 Å². The number of carbonyl (C=O) groups excluding carboxylic acids is 1. The zero-order chi connectivity index (χ0) is 20.5. The molecular formula is C18H27F2N5O2S. The molecule has 28 heavy (non-hydrogen) atoms. The summed E-state index contributed by atoms with van der Waals surface area (Å²) in [6.07, 6.45) is 5.98. The first-order valence-corrected chi connectivity index (χ1v) is 11.8. The van der Waals surface area contributed by atoms with Crippen LogP contribution in [0.25, 0.3) is 0 Å². The minimum Gasteiger partial charge on any atom is -0.442 e. The van der Waals surface area contributed by atoms with Gasteiger partial charge in [0.2, 0.25) is 0 Å². The van der Waals surface area contributed by atoms with Gasteiger partial charge in [0.05, 0.1) is 18.8 Å². The molecule has 1 aromatic carbocycles. The highest BCUT2D eigenvalue weighted by Gasteiger charge is 2.34. The number of nitrogens with two attached hydrogens (primary N) is 2. The minimum atomic E-state index is -0.681. The molecule has 10 heteroatoms. The lowest BCUT2D eigenvalue weighted by Gasteiger charge is -2.42. The molecule has 1 amide bonds. The number of carbonyl (C=O) groups is 1. The van der Waals surface area contributed by atoms with E-state index in [9.17, 15) is 13.6 Å². The van der Waals surface area contributed by atoms with Gasteiger partial charge in [-0.25, -0.2) is 29.4 Å². The molecule has 3 rings (SSSR count). The molecule has 0 aliphatic carbocycles. The van der Waals surface area contributed by atoms with Gasteiger partial charge in [-0.3, -0.25) is 4.90 Å².